The minimum Gasteiger partial charge on any atom is -0.505 e. The largest absolute Gasteiger partial charge is 0.505 e. The molecule has 2 rings (SSSR count). The number of phenols is 1. The highest BCUT2D eigenvalue weighted by atomic mass is 79.9. The second-order valence-electron chi connectivity index (χ2n) is 3.87. The number of aromatic hydroxyl groups is 1. The third-order valence-corrected chi connectivity index (χ3v) is 3.95. The average molecular weight is 395 g/mol. The van der Waals surface area contributed by atoms with Crippen molar-refractivity contribution in [1.29, 1.82) is 0 Å². The minimum absolute atomic E-state index is 0.0537. The lowest BCUT2D eigenvalue weighted by Crippen LogP contribution is -2.12. The standard InChI is InChI=1S/C13H7BrCl3NO2/c14-9-2-1-6(15)3-8(9)13(20)18-7-4-10(16)12(19)11(17)5-7/h1-5,19H,(H,18,20). The molecule has 0 aromatic heterocycles. The summed E-state index contributed by atoms with van der Waals surface area (Å²) in [6.07, 6.45) is 0. The van der Waals surface area contributed by atoms with Crippen LogP contribution in [0.5, 0.6) is 5.75 Å². The number of benzene rings is 2. The van der Waals surface area contributed by atoms with Crippen molar-refractivity contribution in [2.24, 2.45) is 0 Å². The van der Waals surface area contributed by atoms with Crippen LogP contribution in [0.4, 0.5) is 5.69 Å². The highest BCUT2D eigenvalue weighted by molar-refractivity contribution is 9.10. The van der Waals surface area contributed by atoms with Gasteiger partial charge in [0, 0.05) is 15.2 Å². The smallest absolute Gasteiger partial charge is 0.256 e. The summed E-state index contributed by atoms with van der Waals surface area (Å²) in [6.45, 7) is 0. The number of nitrogens with one attached hydrogen (secondary N) is 1. The summed E-state index contributed by atoms with van der Waals surface area (Å²) in [7, 11) is 0. The fraction of sp³-hybridized carbons (Fsp3) is 0. The Bertz CT molecular complexity index is 668. The molecule has 3 nitrogen and oxygen atoms in total. The normalized spacial score (nSPS) is 10.4. The van der Waals surface area contributed by atoms with E-state index in [0.717, 1.165) is 0 Å². The quantitative estimate of drug-likeness (QED) is 0.672. The lowest BCUT2D eigenvalue weighted by molar-refractivity contribution is 0.102. The van der Waals surface area contributed by atoms with Gasteiger partial charge in [-0.15, -0.1) is 0 Å². The Kier molecular flexibility index (Phi) is 4.81. The van der Waals surface area contributed by atoms with E-state index in [1.807, 2.05) is 0 Å². The van der Waals surface area contributed by atoms with Gasteiger partial charge >= 0.3 is 0 Å². The predicted octanol–water partition coefficient (Wildman–Crippen LogP) is 5.37. The summed E-state index contributed by atoms with van der Waals surface area (Å²) in [5.41, 5.74) is 0.743. The maximum atomic E-state index is 12.1. The Hall–Kier alpha value is -0.940. The summed E-state index contributed by atoms with van der Waals surface area (Å²) in [4.78, 5) is 12.1. The fourth-order valence-electron chi connectivity index (χ4n) is 1.51. The lowest BCUT2D eigenvalue weighted by atomic mass is 10.2. The van der Waals surface area contributed by atoms with Crippen LogP contribution in [0.25, 0.3) is 0 Å². The topological polar surface area (TPSA) is 49.3 Å². The number of halogens is 4. The van der Waals surface area contributed by atoms with Crippen LogP contribution < -0.4 is 5.32 Å². The summed E-state index contributed by atoms with van der Waals surface area (Å²) in [5.74, 6) is -0.604. The monoisotopic (exact) mass is 393 g/mol. The van der Waals surface area contributed by atoms with E-state index >= 15 is 0 Å². The molecule has 0 aliphatic carbocycles. The average Bonchev–Trinajstić information content (AvgIpc) is 2.38. The van der Waals surface area contributed by atoms with Crippen molar-refractivity contribution >= 4 is 62.3 Å². The van der Waals surface area contributed by atoms with E-state index in [4.69, 9.17) is 34.8 Å². The van der Waals surface area contributed by atoms with Gasteiger partial charge in [0.05, 0.1) is 15.6 Å². The van der Waals surface area contributed by atoms with Crippen LogP contribution in [-0.2, 0) is 0 Å². The van der Waals surface area contributed by atoms with E-state index in [0.29, 0.717) is 20.7 Å². The summed E-state index contributed by atoms with van der Waals surface area (Å²) < 4.78 is 0.607. The van der Waals surface area contributed by atoms with Crippen molar-refractivity contribution in [3.8, 4) is 5.75 Å². The summed E-state index contributed by atoms with van der Waals surface area (Å²) in [6, 6.07) is 7.67. The highest BCUT2D eigenvalue weighted by Gasteiger charge is 2.13. The first-order chi connectivity index (χ1) is 9.38. The van der Waals surface area contributed by atoms with Crippen molar-refractivity contribution in [2.75, 3.05) is 5.32 Å². The zero-order valence-electron chi connectivity index (χ0n) is 9.75. The lowest BCUT2D eigenvalue weighted by Gasteiger charge is -2.09. The molecule has 0 fully saturated rings. The first-order valence-electron chi connectivity index (χ1n) is 5.33. The van der Waals surface area contributed by atoms with Gasteiger partial charge in [-0.3, -0.25) is 4.79 Å². The molecule has 0 heterocycles. The van der Waals surface area contributed by atoms with Gasteiger partial charge in [-0.2, -0.15) is 0 Å². The molecule has 0 saturated carbocycles. The molecule has 1 amide bonds. The van der Waals surface area contributed by atoms with E-state index in [2.05, 4.69) is 21.2 Å². The fourth-order valence-corrected chi connectivity index (χ4v) is 2.59. The molecule has 2 aromatic rings. The van der Waals surface area contributed by atoms with Crippen LogP contribution in [0.3, 0.4) is 0 Å². The van der Waals surface area contributed by atoms with Crippen molar-refractivity contribution in [3.05, 3.63) is 55.4 Å². The van der Waals surface area contributed by atoms with Gasteiger partial charge in [-0.05, 0) is 46.3 Å². The number of amides is 1. The number of carbonyl (C=O) groups is 1. The Morgan fingerprint density at radius 2 is 1.70 bits per heavy atom. The predicted molar refractivity (Wildman–Crippen MR) is 85.2 cm³/mol. The van der Waals surface area contributed by atoms with E-state index in [9.17, 15) is 9.90 Å². The number of carbonyl (C=O) groups excluding carboxylic acids is 1. The Morgan fingerprint density at radius 3 is 2.30 bits per heavy atom. The van der Waals surface area contributed by atoms with Crippen molar-refractivity contribution < 1.29 is 9.90 Å². The van der Waals surface area contributed by atoms with Gasteiger partial charge in [-0.25, -0.2) is 0 Å². The van der Waals surface area contributed by atoms with Crippen molar-refractivity contribution in [2.45, 2.75) is 0 Å². The molecular weight excluding hydrogens is 388 g/mol. The molecule has 2 N–H and O–H groups in total. The van der Waals surface area contributed by atoms with Gasteiger partial charge in [0.1, 0.15) is 0 Å². The number of hydrogen-bond acceptors (Lipinski definition) is 2. The second kappa shape index (κ2) is 6.22. The number of phenolic OH excluding ortho intramolecular Hbond substituents is 1. The second-order valence-corrected chi connectivity index (χ2v) is 5.97. The zero-order chi connectivity index (χ0) is 14.9. The maximum Gasteiger partial charge on any atom is 0.256 e. The number of anilines is 1. The summed E-state index contributed by atoms with van der Waals surface area (Å²) >= 11 is 20.7. The molecular formula is C13H7BrCl3NO2. The third kappa shape index (κ3) is 3.38. The minimum atomic E-state index is -0.378. The Labute approximate surface area is 138 Å². The molecule has 0 unspecified atom stereocenters. The molecule has 0 atom stereocenters. The molecule has 0 bridgehead atoms. The van der Waals surface area contributed by atoms with E-state index < -0.39 is 0 Å². The van der Waals surface area contributed by atoms with Crippen LogP contribution in [0, 0.1) is 0 Å². The molecule has 0 radical (unpaired) electrons. The molecule has 7 heteroatoms. The van der Waals surface area contributed by atoms with Crippen LogP contribution in [0.15, 0.2) is 34.8 Å². The van der Waals surface area contributed by atoms with E-state index in [-0.39, 0.29) is 21.7 Å². The van der Waals surface area contributed by atoms with Crippen LogP contribution in [0.1, 0.15) is 10.4 Å². The number of hydrogen-bond donors (Lipinski definition) is 2. The van der Waals surface area contributed by atoms with Crippen LogP contribution in [0.2, 0.25) is 15.1 Å². The maximum absolute atomic E-state index is 12.1. The Morgan fingerprint density at radius 1 is 1.10 bits per heavy atom. The molecule has 104 valence electrons. The van der Waals surface area contributed by atoms with Gasteiger partial charge in [0.25, 0.3) is 5.91 Å². The molecule has 0 aliphatic rings. The molecule has 0 spiro atoms. The van der Waals surface area contributed by atoms with Crippen molar-refractivity contribution in [1.82, 2.24) is 0 Å². The third-order valence-electron chi connectivity index (χ3n) is 2.45. The van der Waals surface area contributed by atoms with Crippen molar-refractivity contribution in [3.63, 3.8) is 0 Å². The molecule has 2 aromatic carbocycles. The summed E-state index contributed by atoms with van der Waals surface area (Å²) in [5, 5.41) is 12.6. The first-order valence-corrected chi connectivity index (χ1v) is 7.25. The zero-order valence-corrected chi connectivity index (χ0v) is 13.6. The van der Waals surface area contributed by atoms with E-state index in [1.165, 1.54) is 18.2 Å². The van der Waals surface area contributed by atoms with Gasteiger partial charge < -0.3 is 10.4 Å². The number of rotatable bonds is 2. The van der Waals surface area contributed by atoms with Crippen LogP contribution in [-0.4, -0.2) is 11.0 Å². The SMILES string of the molecule is O=C(Nc1cc(Cl)c(O)c(Cl)c1)c1cc(Cl)ccc1Br. The van der Waals surface area contributed by atoms with E-state index in [1.54, 1.807) is 12.1 Å². The molecule has 20 heavy (non-hydrogen) atoms. The molecule has 0 saturated heterocycles. The van der Waals surface area contributed by atoms with Gasteiger partial charge in [0.2, 0.25) is 0 Å². The van der Waals surface area contributed by atoms with Gasteiger partial charge in [0.15, 0.2) is 5.75 Å². The van der Waals surface area contributed by atoms with Gasteiger partial charge in [-0.1, -0.05) is 34.8 Å². The highest BCUT2D eigenvalue weighted by Crippen LogP contribution is 2.35. The Balaban J connectivity index is 2.30. The molecule has 0 aliphatic heterocycles. The first kappa shape index (κ1) is 15.4. The van der Waals surface area contributed by atoms with Crippen LogP contribution >= 0.6 is 50.7 Å².